The van der Waals surface area contributed by atoms with Gasteiger partial charge in [0.05, 0.1) is 18.7 Å². The van der Waals surface area contributed by atoms with Crippen LogP contribution in [0.1, 0.15) is 27.7 Å². The summed E-state index contributed by atoms with van der Waals surface area (Å²) < 4.78 is 0. The van der Waals surface area contributed by atoms with E-state index in [4.69, 9.17) is 5.73 Å². The molecule has 0 aliphatic carbocycles. The molecule has 0 spiro atoms. The molecule has 6 nitrogen and oxygen atoms in total. The van der Waals surface area contributed by atoms with Crippen LogP contribution in [0.4, 0.5) is 0 Å². The highest BCUT2D eigenvalue weighted by molar-refractivity contribution is 5.90. The average Bonchev–Trinajstić information content (AvgIpc) is 2.57. The SMILES string of the molecule is CC.CC(=O)C1C(O)C(O)CN1C(=O)C(C)N. The first kappa shape index (κ1) is 16.0. The molecule has 1 fully saturated rings. The number of nitrogens with zero attached hydrogens (tertiary/aromatic N) is 1. The van der Waals surface area contributed by atoms with E-state index in [0.717, 1.165) is 4.90 Å². The molecule has 4 atom stereocenters. The zero-order valence-corrected chi connectivity index (χ0v) is 10.8. The molecule has 1 rings (SSSR count). The number of amides is 1. The third-order valence-corrected chi connectivity index (χ3v) is 2.53. The Morgan fingerprint density at radius 3 is 2.18 bits per heavy atom. The first-order chi connectivity index (χ1) is 7.86. The Morgan fingerprint density at radius 2 is 1.82 bits per heavy atom. The lowest BCUT2D eigenvalue weighted by molar-refractivity contribution is -0.139. The molecule has 17 heavy (non-hydrogen) atoms. The fourth-order valence-electron chi connectivity index (χ4n) is 1.77. The van der Waals surface area contributed by atoms with Crippen molar-refractivity contribution >= 4 is 11.7 Å². The van der Waals surface area contributed by atoms with E-state index < -0.39 is 30.2 Å². The van der Waals surface area contributed by atoms with Gasteiger partial charge in [-0.3, -0.25) is 9.59 Å². The van der Waals surface area contributed by atoms with Crippen LogP contribution >= 0.6 is 0 Å². The second kappa shape index (κ2) is 6.68. The van der Waals surface area contributed by atoms with Gasteiger partial charge in [-0.25, -0.2) is 0 Å². The van der Waals surface area contributed by atoms with Crippen LogP contribution in [0.5, 0.6) is 0 Å². The van der Waals surface area contributed by atoms with Crippen LogP contribution in [0.2, 0.25) is 0 Å². The van der Waals surface area contributed by atoms with Crippen molar-refractivity contribution < 1.29 is 19.8 Å². The second-order valence-electron chi connectivity index (χ2n) is 3.89. The minimum Gasteiger partial charge on any atom is -0.388 e. The summed E-state index contributed by atoms with van der Waals surface area (Å²) >= 11 is 0. The summed E-state index contributed by atoms with van der Waals surface area (Å²) in [6.07, 6.45) is -2.30. The molecule has 0 saturated carbocycles. The molecule has 1 saturated heterocycles. The summed E-state index contributed by atoms with van der Waals surface area (Å²) in [5.41, 5.74) is 5.40. The molecule has 1 amide bonds. The van der Waals surface area contributed by atoms with Gasteiger partial charge < -0.3 is 20.8 Å². The van der Waals surface area contributed by atoms with Crippen LogP contribution in [0.3, 0.4) is 0 Å². The number of hydrogen-bond donors (Lipinski definition) is 3. The third kappa shape index (κ3) is 3.49. The van der Waals surface area contributed by atoms with Gasteiger partial charge in [-0.2, -0.15) is 0 Å². The fourth-order valence-corrected chi connectivity index (χ4v) is 1.77. The second-order valence-corrected chi connectivity index (χ2v) is 3.89. The molecule has 4 unspecified atom stereocenters. The predicted octanol–water partition coefficient (Wildman–Crippen LogP) is -1.12. The Kier molecular flexibility index (Phi) is 6.30. The van der Waals surface area contributed by atoms with Gasteiger partial charge in [0, 0.05) is 0 Å². The van der Waals surface area contributed by atoms with Gasteiger partial charge in [-0.15, -0.1) is 0 Å². The highest BCUT2D eigenvalue weighted by Gasteiger charge is 2.45. The van der Waals surface area contributed by atoms with Crippen molar-refractivity contribution in [3.63, 3.8) is 0 Å². The molecule has 1 aliphatic heterocycles. The summed E-state index contributed by atoms with van der Waals surface area (Å²) in [6.45, 7) is 6.72. The summed E-state index contributed by atoms with van der Waals surface area (Å²) in [6, 6.07) is -1.72. The van der Waals surface area contributed by atoms with Crippen molar-refractivity contribution in [2.24, 2.45) is 5.73 Å². The number of nitrogens with two attached hydrogens (primary N) is 1. The van der Waals surface area contributed by atoms with Crippen molar-refractivity contribution in [1.82, 2.24) is 4.90 Å². The number of likely N-dealkylation sites (tertiary alicyclic amines) is 1. The highest BCUT2D eigenvalue weighted by Crippen LogP contribution is 2.20. The van der Waals surface area contributed by atoms with E-state index >= 15 is 0 Å². The lowest BCUT2D eigenvalue weighted by Gasteiger charge is -2.25. The molecule has 4 N–H and O–H groups in total. The van der Waals surface area contributed by atoms with Crippen molar-refractivity contribution in [1.29, 1.82) is 0 Å². The van der Waals surface area contributed by atoms with Crippen molar-refractivity contribution in [2.75, 3.05) is 6.54 Å². The van der Waals surface area contributed by atoms with Gasteiger partial charge in [-0.05, 0) is 13.8 Å². The number of β-amino-alcohol motifs (C(OH)–C–C–N with tert-alkyl or cyclic N) is 1. The van der Waals surface area contributed by atoms with Gasteiger partial charge >= 0.3 is 0 Å². The van der Waals surface area contributed by atoms with E-state index in [9.17, 15) is 19.8 Å². The first-order valence-corrected chi connectivity index (χ1v) is 5.79. The zero-order chi connectivity index (χ0) is 13.7. The number of Topliss-reactive ketones (excluding diaryl/α,β-unsaturated/α-hetero) is 1. The lowest BCUT2D eigenvalue weighted by Crippen LogP contribution is -2.49. The number of carbonyl (C=O) groups excluding carboxylic acids is 2. The van der Waals surface area contributed by atoms with E-state index in [0.29, 0.717) is 0 Å². The Morgan fingerprint density at radius 1 is 1.35 bits per heavy atom. The summed E-state index contributed by atoms with van der Waals surface area (Å²) in [7, 11) is 0. The van der Waals surface area contributed by atoms with Crippen molar-refractivity contribution in [3.8, 4) is 0 Å². The topological polar surface area (TPSA) is 104 Å². The van der Waals surface area contributed by atoms with Crippen molar-refractivity contribution in [3.05, 3.63) is 0 Å². The lowest BCUT2D eigenvalue weighted by atomic mass is 10.1. The van der Waals surface area contributed by atoms with Gasteiger partial charge in [0.25, 0.3) is 0 Å². The molecule has 1 heterocycles. The molecular formula is C11H22N2O4. The molecule has 0 aromatic heterocycles. The number of aliphatic hydroxyl groups excluding tert-OH is 2. The van der Waals surface area contributed by atoms with Crippen LogP contribution in [0, 0.1) is 0 Å². The van der Waals surface area contributed by atoms with E-state index in [1.165, 1.54) is 13.8 Å². The van der Waals surface area contributed by atoms with Crippen molar-refractivity contribution in [2.45, 2.75) is 52.0 Å². The average molecular weight is 246 g/mol. The minimum absolute atomic E-state index is 0.0498. The Labute approximate surface area is 101 Å². The van der Waals surface area contributed by atoms with E-state index in [2.05, 4.69) is 0 Å². The monoisotopic (exact) mass is 246 g/mol. The number of hydrogen-bond acceptors (Lipinski definition) is 5. The zero-order valence-electron chi connectivity index (χ0n) is 10.8. The Balaban J connectivity index is 0.00000121. The molecule has 0 aromatic carbocycles. The summed E-state index contributed by atoms with van der Waals surface area (Å²) in [4.78, 5) is 24.0. The molecule has 0 radical (unpaired) electrons. The fraction of sp³-hybridized carbons (Fsp3) is 0.818. The van der Waals surface area contributed by atoms with Crippen LogP contribution in [0.15, 0.2) is 0 Å². The van der Waals surface area contributed by atoms with Crippen LogP contribution < -0.4 is 5.73 Å². The van der Waals surface area contributed by atoms with Gasteiger partial charge in [-0.1, -0.05) is 13.8 Å². The number of ketones is 1. The van der Waals surface area contributed by atoms with Crippen LogP contribution in [0.25, 0.3) is 0 Å². The van der Waals surface area contributed by atoms with E-state index in [-0.39, 0.29) is 12.3 Å². The van der Waals surface area contributed by atoms with E-state index in [1.54, 1.807) is 0 Å². The largest absolute Gasteiger partial charge is 0.388 e. The normalized spacial score (nSPS) is 29.4. The maximum atomic E-state index is 11.6. The molecule has 0 bridgehead atoms. The maximum absolute atomic E-state index is 11.6. The summed E-state index contributed by atoms with van der Waals surface area (Å²) in [5, 5.41) is 18.9. The van der Waals surface area contributed by atoms with Crippen LogP contribution in [-0.2, 0) is 9.59 Å². The molecule has 100 valence electrons. The molecule has 0 aromatic rings. The molecule has 6 heteroatoms. The Bertz CT molecular complexity index is 281. The maximum Gasteiger partial charge on any atom is 0.239 e. The van der Waals surface area contributed by atoms with Gasteiger partial charge in [0.15, 0.2) is 5.78 Å². The summed E-state index contributed by atoms with van der Waals surface area (Å²) in [5.74, 6) is -0.793. The minimum atomic E-state index is -1.22. The highest BCUT2D eigenvalue weighted by atomic mass is 16.3. The number of rotatable bonds is 2. The van der Waals surface area contributed by atoms with Gasteiger partial charge in [0.1, 0.15) is 12.1 Å². The predicted molar refractivity (Wildman–Crippen MR) is 63.2 cm³/mol. The number of carbonyl (C=O) groups is 2. The first-order valence-electron chi connectivity index (χ1n) is 5.79. The molecule has 1 aliphatic rings. The quantitative estimate of drug-likeness (QED) is 0.572. The third-order valence-electron chi connectivity index (χ3n) is 2.53. The molecular weight excluding hydrogens is 224 g/mol. The Hall–Kier alpha value is -0.980. The number of aliphatic hydroxyl groups is 2. The van der Waals surface area contributed by atoms with E-state index in [1.807, 2.05) is 13.8 Å². The smallest absolute Gasteiger partial charge is 0.239 e. The van der Waals surface area contributed by atoms with Crippen LogP contribution in [-0.4, -0.2) is 57.6 Å². The standard InChI is InChI=1S/C9H16N2O4.C2H6/c1-4(10)9(15)11-3-6(13)8(14)7(11)5(2)12;1-2/h4,6-8,13-14H,3,10H2,1-2H3;1-2H3. The van der Waals surface area contributed by atoms with Gasteiger partial charge in [0.2, 0.25) is 5.91 Å².